The first-order valence-corrected chi connectivity index (χ1v) is 3.19. The van der Waals surface area contributed by atoms with E-state index in [1.54, 1.807) is 0 Å². The summed E-state index contributed by atoms with van der Waals surface area (Å²) in [5, 5.41) is 0. The molecular weight excluding hydrogens is 130 g/mol. The van der Waals surface area contributed by atoms with E-state index in [2.05, 4.69) is 12.6 Å². The smallest absolute Gasteiger partial charge is 0.0327 e. The van der Waals surface area contributed by atoms with Gasteiger partial charge in [0.1, 0.15) is 0 Å². The molecule has 0 aliphatic rings. The predicted molar refractivity (Wildman–Crippen MR) is 42.8 cm³/mol. The van der Waals surface area contributed by atoms with Gasteiger partial charge in [0, 0.05) is 10.6 Å². The third-order valence-electron chi connectivity index (χ3n) is 1.08. The number of anilines is 1. The molecule has 0 amide bonds. The van der Waals surface area contributed by atoms with Crippen molar-refractivity contribution in [1.82, 2.24) is 0 Å². The van der Waals surface area contributed by atoms with E-state index in [0.29, 0.717) is 0 Å². The molecule has 0 radical (unpaired) electrons. The average Bonchev–Trinajstić information content (AvgIpc) is 1.59. The van der Waals surface area contributed by atoms with E-state index in [1.807, 2.05) is 25.1 Å². The van der Waals surface area contributed by atoms with Crippen LogP contribution in [-0.4, -0.2) is 0 Å². The van der Waals surface area contributed by atoms with Crippen molar-refractivity contribution >= 4 is 18.3 Å². The van der Waals surface area contributed by atoms with Crippen LogP contribution in [0.2, 0.25) is 0 Å². The van der Waals surface area contributed by atoms with E-state index in [1.165, 1.54) is 0 Å². The fraction of sp³-hybridized carbons (Fsp3) is 0.143. The highest BCUT2D eigenvalue weighted by Gasteiger charge is 1.88. The third-order valence-corrected chi connectivity index (χ3v) is 1.34. The molecule has 0 aromatic heterocycles. The quantitative estimate of drug-likeness (QED) is 0.416. The molecule has 0 spiro atoms. The molecule has 2 heteroatoms. The first-order chi connectivity index (χ1) is 4.18. The van der Waals surface area contributed by atoms with Gasteiger partial charge >= 0.3 is 0 Å². The lowest BCUT2D eigenvalue weighted by Gasteiger charge is -1.96. The molecular formula is C7H9NS. The molecule has 0 atom stereocenters. The molecule has 9 heavy (non-hydrogen) atoms. The number of thiol groups is 1. The molecule has 1 nitrogen and oxygen atoms in total. The van der Waals surface area contributed by atoms with E-state index >= 15 is 0 Å². The molecule has 0 bridgehead atoms. The molecule has 0 aliphatic carbocycles. The van der Waals surface area contributed by atoms with Gasteiger partial charge in [0.25, 0.3) is 0 Å². The molecule has 48 valence electrons. The van der Waals surface area contributed by atoms with Crippen LogP contribution in [0, 0.1) is 6.92 Å². The molecule has 1 aromatic rings. The number of hydrogen-bond donors (Lipinski definition) is 2. The van der Waals surface area contributed by atoms with Crippen LogP contribution >= 0.6 is 12.6 Å². The lowest BCUT2D eigenvalue weighted by Crippen LogP contribution is -1.84. The monoisotopic (exact) mass is 139 g/mol. The normalized spacial score (nSPS) is 9.56. The summed E-state index contributed by atoms with van der Waals surface area (Å²) >= 11 is 4.14. The molecule has 2 N–H and O–H groups in total. The van der Waals surface area contributed by atoms with Crippen molar-refractivity contribution in [2.45, 2.75) is 11.8 Å². The van der Waals surface area contributed by atoms with E-state index in [4.69, 9.17) is 5.73 Å². The number of nitrogen functional groups attached to an aromatic ring is 1. The molecule has 0 aliphatic heterocycles. The summed E-state index contributed by atoms with van der Waals surface area (Å²) in [6.07, 6.45) is 0. The molecule has 0 saturated heterocycles. The first kappa shape index (κ1) is 6.49. The van der Waals surface area contributed by atoms with Gasteiger partial charge in [-0.05, 0) is 30.7 Å². The predicted octanol–water partition coefficient (Wildman–Crippen LogP) is 1.87. The number of hydrogen-bond acceptors (Lipinski definition) is 2. The van der Waals surface area contributed by atoms with Gasteiger partial charge in [0.05, 0.1) is 0 Å². The summed E-state index contributed by atoms with van der Waals surface area (Å²) in [5.74, 6) is 0. The van der Waals surface area contributed by atoms with Crippen LogP contribution < -0.4 is 5.73 Å². The Morgan fingerprint density at radius 3 is 2.44 bits per heavy atom. The molecule has 0 unspecified atom stereocenters. The van der Waals surface area contributed by atoms with Gasteiger partial charge in [-0.25, -0.2) is 0 Å². The lowest BCUT2D eigenvalue weighted by atomic mass is 10.2. The van der Waals surface area contributed by atoms with Crippen molar-refractivity contribution in [2.24, 2.45) is 0 Å². The Morgan fingerprint density at radius 2 is 2.00 bits per heavy atom. The summed E-state index contributed by atoms with van der Waals surface area (Å²) in [7, 11) is 0. The molecule has 0 heterocycles. The second kappa shape index (κ2) is 2.31. The van der Waals surface area contributed by atoms with Crippen LogP contribution in [0.25, 0.3) is 0 Å². The highest BCUT2D eigenvalue weighted by Crippen LogP contribution is 2.13. The minimum absolute atomic E-state index is 0.778. The fourth-order valence-electron chi connectivity index (χ4n) is 0.792. The summed E-state index contributed by atoms with van der Waals surface area (Å²) in [4.78, 5) is 0.924. The van der Waals surface area contributed by atoms with E-state index in [-0.39, 0.29) is 0 Å². The van der Waals surface area contributed by atoms with E-state index in [0.717, 1.165) is 16.1 Å². The van der Waals surface area contributed by atoms with Crippen molar-refractivity contribution < 1.29 is 0 Å². The zero-order valence-electron chi connectivity index (χ0n) is 5.26. The van der Waals surface area contributed by atoms with Gasteiger partial charge in [-0.3, -0.25) is 0 Å². The van der Waals surface area contributed by atoms with Crippen LogP contribution in [0.3, 0.4) is 0 Å². The van der Waals surface area contributed by atoms with Crippen molar-refractivity contribution in [2.75, 3.05) is 5.73 Å². The zero-order valence-corrected chi connectivity index (χ0v) is 6.15. The standard InChI is InChI=1S/C7H9NS/c1-5-2-6(8)4-7(9)3-5/h2-4,9H,8H2,1H3. The molecule has 0 saturated carbocycles. The summed E-state index contributed by atoms with van der Waals surface area (Å²) < 4.78 is 0. The first-order valence-electron chi connectivity index (χ1n) is 2.74. The van der Waals surface area contributed by atoms with Crippen LogP contribution in [0.5, 0.6) is 0 Å². The maximum Gasteiger partial charge on any atom is 0.0327 e. The van der Waals surface area contributed by atoms with E-state index < -0.39 is 0 Å². The second-order valence-corrected chi connectivity index (χ2v) is 2.62. The Morgan fingerprint density at radius 1 is 1.33 bits per heavy atom. The number of benzene rings is 1. The van der Waals surface area contributed by atoms with Crippen LogP contribution in [-0.2, 0) is 0 Å². The maximum atomic E-state index is 5.51. The molecule has 1 rings (SSSR count). The van der Waals surface area contributed by atoms with Gasteiger partial charge in [0.2, 0.25) is 0 Å². The SMILES string of the molecule is Cc1cc(N)cc(S)c1. The molecule has 0 fully saturated rings. The van der Waals surface area contributed by atoms with Crippen LogP contribution in [0.4, 0.5) is 5.69 Å². The Hall–Kier alpha value is -0.630. The highest BCUT2D eigenvalue weighted by molar-refractivity contribution is 7.80. The van der Waals surface area contributed by atoms with Gasteiger partial charge in [0.15, 0.2) is 0 Å². The van der Waals surface area contributed by atoms with Crippen molar-refractivity contribution in [3.63, 3.8) is 0 Å². The van der Waals surface area contributed by atoms with E-state index in [9.17, 15) is 0 Å². The Balaban J connectivity index is 3.17. The van der Waals surface area contributed by atoms with Gasteiger partial charge < -0.3 is 5.73 Å². The van der Waals surface area contributed by atoms with Gasteiger partial charge in [-0.1, -0.05) is 0 Å². The average molecular weight is 139 g/mol. The van der Waals surface area contributed by atoms with Crippen molar-refractivity contribution in [1.29, 1.82) is 0 Å². The minimum Gasteiger partial charge on any atom is -0.399 e. The zero-order chi connectivity index (χ0) is 6.85. The lowest BCUT2D eigenvalue weighted by molar-refractivity contribution is 1.37. The number of aryl methyl sites for hydroxylation is 1. The van der Waals surface area contributed by atoms with Crippen molar-refractivity contribution in [3.8, 4) is 0 Å². The Kier molecular flexibility index (Phi) is 1.67. The van der Waals surface area contributed by atoms with Crippen LogP contribution in [0.1, 0.15) is 5.56 Å². The fourth-order valence-corrected chi connectivity index (χ4v) is 1.14. The number of rotatable bonds is 0. The minimum atomic E-state index is 0.778. The van der Waals surface area contributed by atoms with Gasteiger partial charge in [-0.2, -0.15) is 0 Å². The summed E-state index contributed by atoms with van der Waals surface area (Å²) in [6.45, 7) is 2.00. The summed E-state index contributed by atoms with van der Waals surface area (Å²) in [5.41, 5.74) is 7.44. The topological polar surface area (TPSA) is 26.0 Å². The maximum absolute atomic E-state index is 5.51. The second-order valence-electron chi connectivity index (χ2n) is 2.10. The highest BCUT2D eigenvalue weighted by atomic mass is 32.1. The van der Waals surface area contributed by atoms with Crippen LogP contribution in [0.15, 0.2) is 23.1 Å². The number of nitrogens with two attached hydrogens (primary N) is 1. The van der Waals surface area contributed by atoms with Crippen molar-refractivity contribution in [3.05, 3.63) is 23.8 Å². The third kappa shape index (κ3) is 1.64. The largest absolute Gasteiger partial charge is 0.399 e. The Labute approximate surface area is 60.3 Å². The molecule has 1 aromatic carbocycles. The van der Waals surface area contributed by atoms with Gasteiger partial charge in [-0.15, -0.1) is 12.6 Å². The Bertz CT molecular complexity index is 170. The summed E-state index contributed by atoms with van der Waals surface area (Å²) in [6, 6.07) is 5.72.